The molecule has 0 aromatic rings. The van der Waals surface area contributed by atoms with Gasteiger partial charge in [0.25, 0.3) is 0 Å². The highest BCUT2D eigenvalue weighted by atomic mass is 16.6. The van der Waals surface area contributed by atoms with Gasteiger partial charge in [0.2, 0.25) is 0 Å². The van der Waals surface area contributed by atoms with Crippen LogP contribution in [-0.2, 0) is 23.8 Å². The first kappa shape index (κ1) is 42.4. The largest absolute Gasteiger partial charge is 0.457 e. The molecular weight excluding hydrogens is 628 g/mol. The molecule has 49 heavy (non-hydrogen) atoms. The second-order valence-corrected chi connectivity index (χ2v) is 15.0. The van der Waals surface area contributed by atoms with Crippen LogP contribution in [0.2, 0.25) is 0 Å². The van der Waals surface area contributed by atoms with Gasteiger partial charge >= 0.3 is 18.0 Å². The number of nitrogens with zero attached hydrogens (tertiary/aromatic N) is 2. The topological polar surface area (TPSA) is 146 Å². The lowest BCUT2D eigenvalue weighted by Crippen LogP contribution is -2.51. The van der Waals surface area contributed by atoms with Crippen LogP contribution >= 0.6 is 0 Å². The SMILES string of the molecule is CC[C@H](O)C(C)CC[C@@H](C)C[C@@](C)(O)/C=C/C=C(\C)[C@H]1OC(=O)C[C@H](O)CC[C@@](C)(OC(C)=O)[C@@H](OC(=O)N2CCN(C)CC2)/C=C/[C@@H]1C. The smallest absolute Gasteiger partial charge is 0.410 e. The van der Waals surface area contributed by atoms with Gasteiger partial charge in [-0.05, 0) is 83.4 Å². The maximum atomic E-state index is 13.3. The average Bonchev–Trinajstić information content (AvgIpc) is 3.01. The molecule has 11 nitrogen and oxygen atoms in total. The zero-order chi connectivity index (χ0) is 36.9. The van der Waals surface area contributed by atoms with Crippen LogP contribution in [0.15, 0.2) is 36.0 Å². The third kappa shape index (κ3) is 14.6. The Hall–Kier alpha value is -2.73. The summed E-state index contributed by atoms with van der Waals surface area (Å²) in [5.41, 5.74) is -1.65. The van der Waals surface area contributed by atoms with Crippen molar-refractivity contribution in [3.05, 3.63) is 36.0 Å². The number of aliphatic hydroxyl groups excluding tert-OH is 2. The first-order valence-corrected chi connectivity index (χ1v) is 18.0. The maximum Gasteiger partial charge on any atom is 0.410 e. The molecule has 11 heteroatoms. The lowest BCUT2D eigenvalue weighted by molar-refractivity contribution is -0.168. The molecule has 2 aliphatic heterocycles. The van der Waals surface area contributed by atoms with Crippen molar-refractivity contribution in [3.63, 3.8) is 0 Å². The number of esters is 2. The van der Waals surface area contributed by atoms with Crippen molar-refractivity contribution in [3.8, 4) is 0 Å². The minimum Gasteiger partial charge on any atom is -0.457 e. The third-order valence-corrected chi connectivity index (χ3v) is 9.88. The minimum absolute atomic E-state index is 0.110. The van der Waals surface area contributed by atoms with E-state index in [1.165, 1.54) is 6.92 Å². The quantitative estimate of drug-likeness (QED) is 0.108. The van der Waals surface area contributed by atoms with Crippen molar-refractivity contribution in [1.29, 1.82) is 0 Å². The molecule has 280 valence electrons. The van der Waals surface area contributed by atoms with E-state index in [0.29, 0.717) is 38.2 Å². The molecule has 0 aromatic carbocycles. The molecule has 0 spiro atoms. The fourth-order valence-electron chi connectivity index (χ4n) is 6.57. The van der Waals surface area contributed by atoms with Gasteiger partial charge in [-0.25, -0.2) is 4.79 Å². The Bertz CT molecular complexity index is 1160. The summed E-state index contributed by atoms with van der Waals surface area (Å²) in [6.45, 7) is 17.0. The lowest BCUT2D eigenvalue weighted by Gasteiger charge is -2.38. The second kappa shape index (κ2) is 19.6. The summed E-state index contributed by atoms with van der Waals surface area (Å²) < 4.78 is 17.7. The molecule has 3 N–H and O–H groups in total. The van der Waals surface area contributed by atoms with Crippen LogP contribution in [0, 0.1) is 17.8 Å². The summed E-state index contributed by atoms with van der Waals surface area (Å²) in [5, 5.41) is 32.0. The van der Waals surface area contributed by atoms with Gasteiger partial charge in [0, 0.05) is 39.0 Å². The molecule has 0 aromatic heterocycles. The molecular formula is C38H64N2O9. The molecule has 1 unspecified atom stereocenters. The first-order chi connectivity index (χ1) is 22.9. The highest BCUT2D eigenvalue weighted by Gasteiger charge is 2.41. The molecule has 0 saturated carbocycles. The molecule has 1 saturated heterocycles. The molecule has 0 aliphatic carbocycles. The number of amides is 1. The first-order valence-electron chi connectivity index (χ1n) is 18.0. The highest BCUT2D eigenvalue weighted by Crippen LogP contribution is 2.31. The number of cyclic esters (lactones) is 1. The summed E-state index contributed by atoms with van der Waals surface area (Å²) in [6.07, 6.45) is 8.27. The van der Waals surface area contributed by atoms with Gasteiger partial charge in [-0.1, -0.05) is 58.4 Å². The summed E-state index contributed by atoms with van der Waals surface area (Å²) in [4.78, 5) is 42.3. The Kier molecular flexibility index (Phi) is 17.0. The van der Waals surface area contributed by atoms with E-state index in [2.05, 4.69) is 18.7 Å². The Morgan fingerprint density at radius 2 is 1.82 bits per heavy atom. The van der Waals surface area contributed by atoms with Gasteiger partial charge in [-0.15, -0.1) is 0 Å². The minimum atomic E-state index is -1.30. The molecule has 2 rings (SSSR count). The number of carbonyl (C=O) groups excluding carboxylic acids is 3. The van der Waals surface area contributed by atoms with E-state index in [0.717, 1.165) is 19.3 Å². The van der Waals surface area contributed by atoms with E-state index in [9.17, 15) is 29.7 Å². The number of rotatable bonds is 12. The van der Waals surface area contributed by atoms with Crippen LogP contribution in [0.4, 0.5) is 4.79 Å². The number of ether oxygens (including phenoxy) is 3. The van der Waals surface area contributed by atoms with Crippen LogP contribution < -0.4 is 0 Å². The van der Waals surface area contributed by atoms with Gasteiger partial charge in [0.1, 0.15) is 11.7 Å². The normalized spacial score (nSPS) is 30.2. The van der Waals surface area contributed by atoms with Gasteiger partial charge in [0.15, 0.2) is 6.10 Å². The highest BCUT2D eigenvalue weighted by molar-refractivity contribution is 5.71. The van der Waals surface area contributed by atoms with Crippen LogP contribution in [0.5, 0.6) is 0 Å². The van der Waals surface area contributed by atoms with E-state index >= 15 is 0 Å². The summed E-state index contributed by atoms with van der Waals surface area (Å²) >= 11 is 0. The second-order valence-electron chi connectivity index (χ2n) is 15.0. The molecule has 0 radical (unpaired) electrons. The Morgan fingerprint density at radius 3 is 2.43 bits per heavy atom. The standard InChI is InChI=1S/C38H64N2O9/c1-10-32(43)27(3)14-13-26(2)25-37(7,46)18-11-12-28(4)35-29(5)15-16-33(47-36(45)40-22-20-39(9)21-23-40)38(8,49-30(6)41)19-17-31(42)24-34(44)48-35/h11-12,15-16,18,26-27,29,31-33,35,42-43,46H,10,13-14,17,19-25H2,1-9H3/b16-15+,18-11+,28-12+/t26-,27?,29+,31-,32+,33+,35-,37+,38-/m1/s1. The number of piperazine rings is 1. The van der Waals surface area contributed by atoms with Crippen molar-refractivity contribution < 1.29 is 43.9 Å². The van der Waals surface area contributed by atoms with E-state index in [1.807, 2.05) is 27.8 Å². The third-order valence-electron chi connectivity index (χ3n) is 9.88. The summed E-state index contributed by atoms with van der Waals surface area (Å²) in [6, 6.07) is 0. The fourth-order valence-corrected chi connectivity index (χ4v) is 6.57. The number of hydrogen-bond donors (Lipinski definition) is 3. The molecule has 1 amide bonds. The Labute approximate surface area is 294 Å². The van der Waals surface area contributed by atoms with Gasteiger partial charge in [0.05, 0.1) is 24.2 Å². The van der Waals surface area contributed by atoms with E-state index in [4.69, 9.17) is 14.2 Å². The summed E-state index contributed by atoms with van der Waals surface area (Å²) in [7, 11) is 1.99. The van der Waals surface area contributed by atoms with Crippen LogP contribution in [0.3, 0.4) is 0 Å². The number of allylic oxidation sites excluding steroid dienone is 2. The molecule has 2 heterocycles. The maximum absolute atomic E-state index is 13.3. The Balaban J connectivity index is 2.30. The number of likely N-dealkylation sites (N-methyl/N-ethyl adjacent to an activating group) is 1. The predicted molar refractivity (Wildman–Crippen MR) is 190 cm³/mol. The lowest BCUT2D eigenvalue weighted by atomic mass is 9.86. The monoisotopic (exact) mass is 692 g/mol. The van der Waals surface area contributed by atoms with Crippen molar-refractivity contribution >= 4 is 18.0 Å². The van der Waals surface area contributed by atoms with Crippen LogP contribution in [-0.4, -0.2) is 112 Å². The van der Waals surface area contributed by atoms with Crippen molar-refractivity contribution in [1.82, 2.24) is 9.80 Å². The van der Waals surface area contributed by atoms with Gasteiger partial charge in [-0.3, -0.25) is 9.59 Å². The van der Waals surface area contributed by atoms with E-state index < -0.39 is 53.5 Å². The molecule has 2 aliphatic rings. The summed E-state index contributed by atoms with van der Waals surface area (Å²) in [5.74, 6) is -1.05. The predicted octanol–water partition coefficient (Wildman–Crippen LogP) is 5.18. The average molecular weight is 693 g/mol. The van der Waals surface area contributed by atoms with Crippen LogP contribution in [0.1, 0.15) is 100 Å². The van der Waals surface area contributed by atoms with Crippen molar-refractivity contribution in [2.24, 2.45) is 17.8 Å². The Morgan fingerprint density at radius 1 is 1.16 bits per heavy atom. The zero-order valence-electron chi connectivity index (χ0n) is 31.4. The van der Waals surface area contributed by atoms with Crippen molar-refractivity contribution in [2.45, 2.75) is 136 Å². The number of aliphatic hydroxyl groups is 3. The zero-order valence-corrected chi connectivity index (χ0v) is 31.4. The van der Waals surface area contributed by atoms with E-state index in [1.54, 1.807) is 49.1 Å². The van der Waals surface area contributed by atoms with Gasteiger partial charge in [-0.2, -0.15) is 0 Å². The van der Waals surface area contributed by atoms with E-state index in [-0.39, 0.29) is 37.2 Å². The molecule has 1 fully saturated rings. The van der Waals surface area contributed by atoms with Crippen LogP contribution in [0.25, 0.3) is 0 Å². The number of carbonyl (C=O) groups is 3. The van der Waals surface area contributed by atoms with Gasteiger partial charge < -0.3 is 39.3 Å². The fraction of sp³-hybridized carbons (Fsp3) is 0.763. The van der Waals surface area contributed by atoms with Crippen molar-refractivity contribution in [2.75, 3.05) is 33.2 Å². The molecule has 0 bridgehead atoms. The number of hydrogen-bond acceptors (Lipinski definition) is 10. The molecule has 9 atom stereocenters.